The van der Waals surface area contributed by atoms with Crippen LogP contribution >= 0.6 is 36.0 Å². The summed E-state index contributed by atoms with van der Waals surface area (Å²) < 4.78 is 8.75. The molecule has 10 rings (SSSR count). The van der Waals surface area contributed by atoms with Crippen molar-refractivity contribution in [2.45, 2.75) is 0 Å². The van der Waals surface area contributed by atoms with E-state index in [9.17, 15) is 0 Å². The fourth-order valence-corrected chi connectivity index (χ4v) is 51.2. The van der Waals surface area contributed by atoms with Crippen LogP contribution in [0.3, 0.4) is 0 Å². The van der Waals surface area contributed by atoms with Gasteiger partial charge in [0.15, 0.2) is 7.61 Å². The van der Waals surface area contributed by atoms with E-state index < -0.39 is 36.0 Å². The lowest BCUT2D eigenvalue weighted by Gasteiger charge is -2.49. The van der Waals surface area contributed by atoms with Crippen molar-refractivity contribution in [1.82, 2.24) is 0 Å². The Labute approximate surface area is 364 Å². The highest BCUT2D eigenvalue weighted by atomic mass is 32.1. The van der Waals surface area contributed by atoms with Crippen LogP contribution < -0.4 is 47.7 Å². The van der Waals surface area contributed by atoms with Gasteiger partial charge in [0.25, 0.3) is 0 Å². The van der Waals surface area contributed by atoms with Gasteiger partial charge in [-0.1, -0.05) is 249 Å². The van der Waals surface area contributed by atoms with Crippen LogP contribution in [0.15, 0.2) is 278 Å². The second kappa shape index (κ2) is 17.6. The Morgan fingerprint density at radius 3 is 0.984 bits per heavy atom. The third-order valence-electron chi connectivity index (χ3n) is 11.4. The van der Waals surface area contributed by atoms with Crippen LogP contribution in [0.5, 0.6) is 0 Å². The van der Waals surface area contributed by atoms with Crippen molar-refractivity contribution in [3.05, 3.63) is 273 Å². The molecule has 0 aliphatic carbocycles. The Hall–Kier alpha value is -5.20. The van der Waals surface area contributed by atoms with E-state index in [1.165, 1.54) is 47.7 Å². The molecule has 0 aromatic heterocycles. The van der Waals surface area contributed by atoms with E-state index in [4.69, 9.17) is 4.52 Å². The first-order valence-corrected chi connectivity index (χ1v) is 30.0. The van der Waals surface area contributed by atoms with Crippen molar-refractivity contribution in [3.63, 3.8) is 0 Å². The van der Waals surface area contributed by atoms with Crippen molar-refractivity contribution in [3.8, 4) is 0 Å². The molecule has 0 N–H and O–H groups in total. The lowest BCUT2D eigenvalue weighted by molar-refractivity contribution is 1.71. The molecule has 1 aliphatic heterocycles. The number of hydrogen-bond acceptors (Lipinski definition) is 1. The molecule has 61 heavy (non-hydrogen) atoms. The van der Waals surface area contributed by atoms with E-state index in [2.05, 4.69) is 273 Å². The predicted octanol–water partition coefficient (Wildman–Crippen LogP) is 12.0. The van der Waals surface area contributed by atoms with Gasteiger partial charge in [0, 0.05) is 28.3 Å². The molecule has 1 nitrogen and oxygen atoms in total. The molecule has 0 fully saturated rings. The van der Waals surface area contributed by atoms with Crippen molar-refractivity contribution >= 4 is 88.5 Å². The molecular weight excluding hydrogens is 829 g/mol. The molecule has 0 amide bonds. The Kier molecular flexibility index (Phi) is 11.5. The highest BCUT2D eigenvalue weighted by Gasteiger charge is 2.65. The van der Waals surface area contributed by atoms with E-state index in [1.807, 2.05) is 0 Å². The molecule has 2 atom stereocenters. The molecule has 0 saturated heterocycles. The second-order valence-corrected chi connectivity index (χ2v) is 33.5. The zero-order valence-electron chi connectivity index (χ0n) is 33.7. The first-order chi connectivity index (χ1) is 30.3. The minimum Gasteiger partial charge on any atom is -0.123 e. The Balaban J connectivity index is 1.63. The number of rotatable bonds is 9. The maximum absolute atomic E-state index is 7.06. The number of hydrogen-bond donors (Lipinski definition) is 0. The van der Waals surface area contributed by atoms with Crippen LogP contribution in [0.4, 0.5) is 0 Å². The van der Waals surface area contributed by atoms with E-state index in [-0.39, 0.29) is 0 Å². The summed E-state index contributed by atoms with van der Waals surface area (Å²) in [6, 6.07) is 104. The molecule has 1 heterocycles. The molecule has 9 aromatic carbocycles. The molecular formula is C55H45NP5+. The normalized spacial score (nSPS) is 16.9. The summed E-state index contributed by atoms with van der Waals surface area (Å²) in [5.41, 5.74) is 0. The fraction of sp³-hybridized carbons (Fsp3) is 0. The lowest BCUT2D eigenvalue weighted by Crippen LogP contribution is -2.36. The summed E-state index contributed by atoms with van der Waals surface area (Å²) >= 11 is 0. The molecule has 0 saturated carbocycles. The SMILES string of the molecule is c1ccc(P2C(=P(c3ccccc3)(c3ccccc3)c3ccccc3)P(c3ccccc3)[P+](c3ccccc3)(c3ccccc3)N=P2(c2ccccc2)c2ccccc2)cc1. The molecule has 294 valence electrons. The van der Waals surface area contributed by atoms with Crippen molar-refractivity contribution in [2.75, 3.05) is 0 Å². The van der Waals surface area contributed by atoms with E-state index >= 15 is 0 Å². The predicted molar refractivity (Wildman–Crippen MR) is 277 cm³/mol. The third-order valence-corrected chi connectivity index (χ3v) is 41.2. The highest BCUT2D eigenvalue weighted by Crippen LogP contribution is 3.00. The molecule has 6 heteroatoms. The summed E-state index contributed by atoms with van der Waals surface area (Å²) in [5.74, 6) is 0. The molecule has 0 spiro atoms. The van der Waals surface area contributed by atoms with E-state index in [1.54, 1.807) is 4.78 Å². The monoisotopic (exact) mass is 874 g/mol. The zero-order valence-corrected chi connectivity index (χ0v) is 38.1. The Morgan fingerprint density at radius 1 is 0.328 bits per heavy atom. The molecule has 0 bridgehead atoms. The summed E-state index contributed by atoms with van der Waals surface area (Å²) in [6.07, 6.45) is 0. The average molecular weight is 875 g/mol. The minimum atomic E-state index is -2.81. The first kappa shape index (κ1) is 39.9. The second-order valence-electron chi connectivity index (χ2n) is 14.9. The van der Waals surface area contributed by atoms with Gasteiger partial charge < -0.3 is 0 Å². The van der Waals surface area contributed by atoms with Crippen LogP contribution in [0.1, 0.15) is 0 Å². The highest BCUT2D eigenvalue weighted by molar-refractivity contribution is 8.70. The van der Waals surface area contributed by atoms with Crippen molar-refractivity contribution in [1.29, 1.82) is 0 Å². The van der Waals surface area contributed by atoms with Gasteiger partial charge in [-0.25, -0.2) is 0 Å². The Bertz CT molecular complexity index is 2770. The van der Waals surface area contributed by atoms with Gasteiger partial charge in [0.1, 0.15) is 17.4 Å². The molecule has 9 aromatic rings. The van der Waals surface area contributed by atoms with Crippen LogP contribution in [0, 0.1) is 0 Å². The summed E-state index contributed by atoms with van der Waals surface area (Å²) in [7, 11) is -5.25. The van der Waals surface area contributed by atoms with Gasteiger partial charge in [-0.05, 0) is 52.4 Å². The topological polar surface area (TPSA) is 12.4 Å². The maximum atomic E-state index is 7.06. The summed E-state index contributed by atoms with van der Waals surface area (Å²) in [4.78, 5) is 0. The largest absolute Gasteiger partial charge is 0.223 e. The van der Waals surface area contributed by atoms with Gasteiger partial charge in [0.05, 0.1) is 0 Å². The summed E-state index contributed by atoms with van der Waals surface area (Å²) in [5, 5.41) is 12.2. The summed E-state index contributed by atoms with van der Waals surface area (Å²) in [6.45, 7) is -5.55. The molecule has 0 radical (unpaired) electrons. The fourth-order valence-electron chi connectivity index (χ4n) is 8.86. The van der Waals surface area contributed by atoms with Crippen molar-refractivity contribution < 1.29 is 0 Å². The van der Waals surface area contributed by atoms with E-state index in [0.717, 1.165) is 0 Å². The zero-order chi connectivity index (χ0) is 41.0. The van der Waals surface area contributed by atoms with Gasteiger partial charge in [0.2, 0.25) is 7.10 Å². The lowest BCUT2D eigenvalue weighted by atomic mass is 10.4. The van der Waals surface area contributed by atoms with Gasteiger partial charge in [-0.2, -0.15) is 0 Å². The average Bonchev–Trinajstić information content (AvgIpc) is 3.36. The quantitative estimate of drug-likeness (QED) is 0.128. The number of benzene rings is 9. The van der Waals surface area contributed by atoms with Gasteiger partial charge in [-0.3, -0.25) is 0 Å². The molecule has 1 aliphatic rings. The van der Waals surface area contributed by atoms with E-state index in [0.29, 0.717) is 0 Å². The van der Waals surface area contributed by atoms with Gasteiger partial charge in [-0.15, -0.1) is 4.52 Å². The minimum absolute atomic E-state index is 1.22. The standard InChI is InChI=1S/C55H45NP5/c1-10-28-46(29-11-1)57-55(59(48-32-14-3-15-33-48,49-34-16-4-17-35-49)50-36-18-5-19-37-50)58(47-30-12-2-13-31-47)61(53-42-24-8-25-43-53,54-44-26-9-27-45-54)56-60(57,51-38-20-6-21-39-51)52-40-22-7-23-41-52/h1-45H/q+1. The first-order valence-electron chi connectivity index (χ1n) is 20.7. The number of nitrogens with zero attached hydrogens (tertiary/aromatic N) is 1. The van der Waals surface area contributed by atoms with Crippen molar-refractivity contribution in [2.24, 2.45) is 4.52 Å². The van der Waals surface area contributed by atoms with Crippen LogP contribution in [-0.2, 0) is 0 Å². The smallest absolute Gasteiger partial charge is 0.123 e. The van der Waals surface area contributed by atoms with Crippen LogP contribution in [0.2, 0.25) is 0 Å². The third kappa shape index (κ3) is 6.90. The Morgan fingerprint density at radius 2 is 0.623 bits per heavy atom. The molecule has 2 unspecified atom stereocenters. The van der Waals surface area contributed by atoms with Crippen LogP contribution in [-0.4, -0.2) is 4.78 Å². The maximum Gasteiger partial charge on any atom is 0.223 e. The van der Waals surface area contributed by atoms with Crippen LogP contribution in [0.25, 0.3) is 0 Å². The van der Waals surface area contributed by atoms with Gasteiger partial charge >= 0.3 is 0 Å².